The van der Waals surface area contributed by atoms with Crippen LogP contribution in [-0.2, 0) is 0 Å². The number of piperidine rings is 1. The summed E-state index contributed by atoms with van der Waals surface area (Å²) in [5.41, 5.74) is 3.05. The molecule has 0 aliphatic carbocycles. The summed E-state index contributed by atoms with van der Waals surface area (Å²) in [6, 6.07) is 15.6. The number of aromatic nitrogens is 1. The molecule has 1 aliphatic heterocycles. The van der Waals surface area contributed by atoms with Crippen molar-refractivity contribution < 1.29 is 9.21 Å². The normalized spacial score (nSPS) is 18.0. The fourth-order valence-corrected chi connectivity index (χ4v) is 3.33. The van der Waals surface area contributed by atoms with Crippen molar-refractivity contribution in [3.63, 3.8) is 0 Å². The van der Waals surface area contributed by atoms with Gasteiger partial charge in [0.05, 0.1) is 0 Å². The van der Waals surface area contributed by atoms with Gasteiger partial charge in [-0.15, -0.1) is 0 Å². The SMILES string of the molecule is C[C@H]1CCCCN1C(=O)c1ccc2oc(-c3ccccc3)nc2c1. The van der Waals surface area contributed by atoms with E-state index in [0.717, 1.165) is 30.5 Å². The Balaban J connectivity index is 1.67. The summed E-state index contributed by atoms with van der Waals surface area (Å²) in [5, 5.41) is 0. The van der Waals surface area contributed by atoms with Crippen molar-refractivity contribution in [3.05, 3.63) is 54.1 Å². The molecule has 1 fully saturated rings. The second-order valence-electron chi connectivity index (χ2n) is 6.41. The van der Waals surface area contributed by atoms with Crippen molar-refractivity contribution in [2.75, 3.05) is 6.54 Å². The second-order valence-corrected chi connectivity index (χ2v) is 6.41. The molecule has 0 spiro atoms. The van der Waals surface area contributed by atoms with Crippen molar-refractivity contribution in [1.82, 2.24) is 9.88 Å². The number of rotatable bonds is 2. The third kappa shape index (κ3) is 2.68. The number of likely N-dealkylation sites (tertiary alicyclic amines) is 1. The number of benzene rings is 2. The number of carbonyl (C=O) groups is 1. The van der Waals surface area contributed by atoms with Crippen LogP contribution in [0, 0.1) is 0 Å². The summed E-state index contributed by atoms with van der Waals surface area (Å²) < 4.78 is 5.82. The quantitative estimate of drug-likeness (QED) is 0.698. The lowest BCUT2D eigenvalue weighted by Gasteiger charge is -2.33. The summed E-state index contributed by atoms with van der Waals surface area (Å²) in [6.45, 7) is 2.96. The average molecular weight is 320 g/mol. The van der Waals surface area contributed by atoms with Crippen LogP contribution in [0.3, 0.4) is 0 Å². The Hall–Kier alpha value is -2.62. The Bertz CT molecular complexity index is 870. The molecule has 0 saturated carbocycles. The van der Waals surface area contributed by atoms with Gasteiger partial charge in [-0.05, 0) is 56.5 Å². The van der Waals surface area contributed by atoms with E-state index in [-0.39, 0.29) is 5.91 Å². The van der Waals surface area contributed by atoms with Crippen molar-refractivity contribution in [2.24, 2.45) is 0 Å². The molecule has 24 heavy (non-hydrogen) atoms. The van der Waals surface area contributed by atoms with E-state index in [1.54, 1.807) is 0 Å². The Morgan fingerprint density at radius 1 is 1.17 bits per heavy atom. The highest BCUT2D eigenvalue weighted by molar-refractivity contribution is 5.97. The first-order valence-corrected chi connectivity index (χ1v) is 8.49. The highest BCUT2D eigenvalue weighted by Crippen LogP contribution is 2.26. The van der Waals surface area contributed by atoms with E-state index in [0.29, 0.717) is 23.1 Å². The number of fused-ring (bicyclic) bond motifs is 1. The third-order valence-electron chi connectivity index (χ3n) is 4.72. The minimum Gasteiger partial charge on any atom is -0.436 e. The van der Waals surface area contributed by atoms with Crippen molar-refractivity contribution >= 4 is 17.0 Å². The number of nitrogens with zero attached hydrogens (tertiary/aromatic N) is 2. The highest BCUT2D eigenvalue weighted by Gasteiger charge is 2.24. The molecular formula is C20H20N2O2. The minimum atomic E-state index is 0.0911. The van der Waals surface area contributed by atoms with Crippen LogP contribution in [0.15, 0.2) is 52.9 Å². The number of carbonyl (C=O) groups excluding carboxylic acids is 1. The molecule has 0 bridgehead atoms. The highest BCUT2D eigenvalue weighted by atomic mass is 16.3. The molecule has 1 aromatic heterocycles. The van der Waals surface area contributed by atoms with Gasteiger partial charge in [0.25, 0.3) is 5.91 Å². The van der Waals surface area contributed by atoms with Gasteiger partial charge < -0.3 is 9.32 Å². The molecule has 0 radical (unpaired) electrons. The van der Waals surface area contributed by atoms with E-state index in [4.69, 9.17) is 4.42 Å². The van der Waals surface area contributed by atoms with Crippen molar-refractivity contribution in [2.45, 2.75) is 32.2 Å². The van der Waals surface area contributed by atoms with E-state index in [1.165, 1.54) is 6.42 Å². The molecule has 4 rings (SSSR count). The molecule has 2 aromatic carbocycles. The number of amides is 1. The third-order valence-corrected chi connectivity index (χ3v) is 4.72. The Morgan fingerprint density at radius 2 is 2.00 bits per heavy atom. The topological polar surface area (TPSA) is 46.3 Å². The van der Waals surface area contributed by atoms with Crippen LogP contribution >= 0.6 is 0 Å². The molecule has 0 N–H and O–H groups in total. The zero-order valence-electron chi connectivity index (χ0n) is 13.7. The molecule has 4 nitrogen and oxygen atoms in total. The van der Waals surface area contributed by atoms with Crippen LogP contribution in [0.4, 0.5) is 0 Å². The Labute approximate surface area is 141 Å². The monoisotopic (exact) mass is 320 g/mol. The van der Waals surface area contributed by atoms with Gasteiger partial charge in [-0.1, -0.05) is 18.2 Å². The first kappa shape index (κ1) is 14.9. The first-order valence-electron chi connectivity index (χ1n) is 8.49. The molecule has 3 aromatic rings. The fraction of sp³-hybridized carbons (Fsp3) is 0.300. The standard InChI is InChI=1S/C20H20N2O2/c1-14-7-5-6-12-22(14)20(23)16-10-11-18-17(13-16)21-19(24-18)15-8-3-2-4-9-15/h2-4,8-11,13-14H,5-7,12H2,1H3/t14-/m0/s1. The molecule has 4 heteroatoms. The van der Waals surface area contributed by atoms with Crippen LogP contribution in [-0.4, -0.2) is 28.4 Å². The second kappa shape index (κ2) is 6.11. The molecule has 1 aliphatic rings. The maximum absolute atomic E-state index is 12.8. The molecule has 2 heterocycles. The summed E-state index contributed by atoms with van der Waals surface area (Å²) in [7, 11) is 0. The molecule has 122 valence electrons. The predicted molar refractivity (Wildman–Crippen MR) is 93.8 cm³/mol. The van der Waals surface area contributed by atoms with Crippen LogP contribution < -0.4 is 0 Å². The number of hydrogen-bond donors (Lipinski definition) is 0. The lowest BCUT2D eigenvalue weighted by molar-refractivity contribution is 0.0636. The summed E-state index contributed by atoms with van der Waals surface area (Å²) in [5.74, 6) is 0.676. The summed E-state index contributed by atoms with van der Waals surface area (Å²) in [6.07, 6.45) is 3.37. The Morgan fingerprint density at radius 3 is 2.79 bits per heavy atom. The van der Waals surface area contributed by atoms with Crippen molar-refractivity contribution in [1.29, 1.82) is 0 Å². The smallest absolute Gasteiger partial charge is 0.254 e. The molecule has 1 saturated heterocycles. The first-order chi connectivity index (χ1) is 11.7. The minimum absolute atomic E-state index is 0.0911. The van der Waals surface area contributed by atoms with E-state index >= 15 is 0 Å². The van der Waals surface area contributed by atoms with E-state index in [9.17, 15) is 4.79 Å². The molecular weight excluding hydrogens is 300 g/mol. The predicted octanol–water partition coefficient (Wildman–Crippen LogP) is 4.51. The van der Waals surface area contributed by atoms with Crippen molar-refractivity contribution in [3.8, 4) is 11.5 Å². The lowest BCUT2D eigenvalue weighted by Crippen LogP contribution is -2.42. The maximum Gasteiger partial charge on any atom is 0.254 e. The molecule has 1 amide bonds. The zero-order valence-corrected chi connectivity index (χ0v) is 13.7. The summed E-state index contributed by atoms with van der Waals surface area (Å²) >= 11 is 0. The van der Waals surface area contributed by atoms with Gasteiger partial charge in [-0.2, -0.15) is 0 Å². The van der Waals surface area contributed by atoms with E-state index < -0.39 is 0 Å². The molecule has 0 unspecified atom stereocenters. The summed E-state index contributed by atoms with van der Waals surface area (Å²) in [4.78, 5) is 19.3. The largest absolute Gasteiger partial charge is 0.436 e. The van der Waals surface area contributed by atoms with Gasteiger partial charge in [0.2, 0.25) is 5.89 Å². The van der Waals surface area contributed by atoms with Gasteiger partial charge in [0, 0.05) is 23.7 Å². The number of hydrogen-bond acceptors (Lipinski definition) is 3. The number of oxazole rings is 1. The van der Waals surface area contributed by atoms with Gasteiger partial charge in [-0.25, -0.2) is 4.98 Å². The molecule has 1 atom stereocenters. The van der Waals surface area contributed by atoms with Gasteiger partial charge in [0.15, 0.2) is 5.58 Å². The van der Waals surface area contributed by atoms with Crippen LogP contribution in [0.25, 0.3) is 22.6 Å². The maximum atomic E-state index is 12.8. The van der Waals surface area contributed by atoms with E-state index in [2.05, 4.69) is 11.9 Å². The van der Waals surface area contributed by atoms with Crippen LogP contribution in [0.1, 0.15) is 36.5 Å². The van der Waals surface area contributed by atoms with Gasteiger partial charge in [-0.3, -0.25) is 4.79 Å². The fourth-order valence-electron chi connectivity index (χ4n) is 3.33. The lowest BCUT2D eigenvalue weighted by atomic mass is 10.0. The van der Waals surface area contributed by atoms with Gasteiger partial charge >= 0.3 is 0 Å². The van der Waals surface area contributed by atoms with E-state index in [1.807, 2.05) is 53.4 Å². The van der Waals surface area contributed by atoms with Gasteiger partial charge in [0.1, 0.15) is 5.52 Å². The van der Waals surface area contributed by atoms with Crippen LogP contribution in [0.2, 0.25) is 0 Å². The zero-order chi connectivity index (χ0) is 16.5. The van der Waals surface area contributed by atoms with Crippen LogP contribution in [0.5, 0.6) is 0 Å². The Kier molecular flexibility index (Phi) is 3.81. The average Bonchev–Trinajstić information content (AvgIpc) is 3.05.